The molecule has 0 atom stereocenters. The topological polar surface area (TPSA) is 0 Å². The third-order valence-corrected chi connectivity index (χ3v) is 2.36. The maximum absolute atomic E-state index is 12.9. The van der Waals surface area contributed by atoms with Gasteiger partial charge in [0.25, 0.3) is 0 Å². The molecule has 0 spiro atoms. The van der Waals surface area contributed by atoms with Gasteiger partial charge in [-0.3, -0.25) is 0 Å². The lowest BCUT2D eigenvalue weighted by molar-refractivity contribution is 0.580. The lowest BCUT2D eigenvalue weighted by atomic mass is 10.1. The van der Waals surface area contributed by atoms with Crippen LogP contribution >= 0.6 is 11.6 Å². The van der Waals surface area contributed by atoms with Crippen molar-refractivity contribution in [3.05, 3.63) is 58.9 Å². The first-order valence-electron chi connectivity index (χ1n) is 4.40. The van der Waals surface area contributed by atoms with Crippen molar-refractivity contribution in [2.45, 2.75) is 0 Å². The van der Waals surface area contributed by atoms with Gasteiger partial charge >= 0.3 is 0 Å². The largest absolute Gasteiger partial charge is 0.207 e. The van der Waals surface area contributed by atoms with E-state index in [1.54, 1.807) is 0 Å². The molecule has 0 N–H and O–H groups in total. The minimum atomic E-state index is -0.824. The van der Waals surface area contributed by atoms with Crippen molar-refractivity contribution in [3.8, 4) is 11.1 Å². The summed E-state index contributed by atoms with van der Waals surface area (Å²) in [5.41, 5.74) is 0.619. The summed E-state index contributed by atoms with van der Waals surface area (Å²) in [4.78, 5) is 0. The second kappa shape index (κ2) is 4.18. The van der Waals surface area contributed by atoms with Crippen LogP contribution in [0.1, 0.15) is 0 Å². The highest BCUT2D eigenvalue weighted by atomic mass is 35.5. The molecule has 0 heterocycles. The molecule has 0 aliphatic heterocycles. The molecule has 0 nitrogen and oxygen atoms in total. The molecular formula is C12H5ClF3. The smallest absolute Gasteiger partial charge is 0.134 e. The zero-order valence-corrected chi connectivity index (χ0v) is 8.65. The fourth-order valence-electron chi connectivity index (χ4n) is 1.38. The molecule has 0 aromatic heterocycles. The van der Waals surface area contributed by atoms with Crippen molar-refractivity contribution in [1.82, 2.24) is 0 Å². The van der Waals surface area contributed by atoms with E-state index in [1.165, 1.54) is 12.1 Å². The van der Waals surface area contributed by atoms with Crippen LogP contribution < -0.4 is 0 Å². The zero-order chi connectivity index (χ0) is 11.7. The maximum Gasteiger partial charge on any atom is 0.134 e. The van der Waals surface area contributed by atoms with Crippen LogP contribution in [0.4, 0.5) is 13.2 Å². The average Bonchev–Trinajstić information content (AvgIpc) is 2.15. The van der Waals surface area contributed by atoms with E-state index in [2.05, 4.69) is 0 Å². The van der Waals surface area contributed by atoms with Gasteiger partial charge in [-0.15, -0.1) is 0 Å². The minimum Gasteiger partial charge on any atom is -0.207 e. The highest BCUT2D eigenvalue weighted by Gasteiger charge is 2.08. The van der Waals surface area contributed by atoms with Crippen molar-refractivity contribution >= 4 is 11.6 Å². The number of hydrogen-bond acceptors (Lipinski definition) is 0. The van der Waals surface area contributed by atoms with E-state index >= 15 is 0 Å². The minimum absolute atomic E-state index is 0.102. The molecule has 2 aromatic carbocycles. The first-order valence-corrected chi connectivity index (χ1v) is 4.78. The quantitative estimate of drug-likeness (QED) is 0.701. The molecule has 0 fully saturated rings. The Labute approximate surface area is 95.3 Å². The molecule has 0 amide bonds. The molecule has 0 aliphatic carbocycles. The van der Waals surface area contributed by atoms with Crippen LogP contribution in [-0.2, 0) is 0 Å². The fourth-order valence-corrected chi connectivity index (χ4v) is 1.66. The maximum atomic E-state index is 12.9. The Hall–Kier alpha value is -1.48. The van der Waals surface area contributed by atoms with Gasteiger partial charge in [-0.2, -0.15) is 0 Å². The van der Waals surface area contributed by atoms with Crippen molar-refractivity contribution in [3.63, 3.8) is 0 Å². The molecule has 2 aromatic rings. The van der Waals surface area contributed by atoms with E-state index < -0.39 is 17.5 Å². The van der Waals surface area contributed by atoms with E-state index in [4.69, 9.17) is 11.6 Å². The zero-order valence-electron chi connectivity index (χ0n) is 7.90. The normalized spacial score (nSPS) is 10.5. The third kappa shape index (κ3) is 2.19. The summed E-state index contributed by atoms with van der Waals surface area (Å²) in [6, 6.07) is 7.66. The van der Waals surface area contributed by atoms with E-state index in [1.807, 2.05) is 6.07 Å². The Morgan fingerprint density at radius 3 is 2.12 bits per heavy atom. The molecule has 0 aliphatic rings. The van der Waals surface area contributed by atoms with Crippen LogP contribution in [0.15, 0.2) is 30.3 Å². The van der Waals surface area contributed by atoms with Crippen molar-refractivity contribution < 1.29 is 13.2 Å². The molecule has 0 unspecified atom stereocenters. The van der Waals surface area contributed by atoms with Gasteiger partial charge in [0.05, 0.1) is 11.1 Å². The van der Waals surface area contributed by atoms with Gasteiger partial charge in [0, 0.05) is 5.56 Å². The summed E-state index contributed by atoms with van der Waals surface area (Å²) in [6.45, 7) is 0. The van der Waals surface area contributed by atoms with Gasteiger partial charge < -0.3 is 0 Å². The van der Waals surface area contributed by atoms with Crippen molar-refractivity contribution in [2.75, 3.05) is 0 Å². The summed E-state index contributed by atoms with van der Waals surface area (Å²) in [5.74, 6) is -2.15. The predicted molar refractivity (Wildman–Crippen MR) is 55.6 cm³/mol. The Kier molecular flexibility index (Phi) is 2.88. The third-order valence-electron chi connectivity index (χ3n) is 2.05. The number of halogens is 4. The lowest BCUT2D eigenvalue weighted by Gasteiger charge is -2.04. The van der Waals surface area contributed by atoms with E-state index in [0.29, 0.717) is 5.56 Å². The first kappa shape index (κ1) is 11.0. The second-order valence-electron chi connectivity index (χ2n) is 3.19. The summed E-state index contributed by atoms with van der Waals surface area (Å²) >= 11 is 5.77. The van der Waals surface area contributed by atoms with Crippen LogP contribution in [0.2, 0.25) is 5.02 Å². The molecule has 0 bridgehead atoms. The van der Waals surface area contributed by atoms with E-state index in [9.17, 15) is 13.2 Å². The van der Waals surface area contributed by atoms with Gasteiger partial charge in [0.1, 0.15) is 17.5 Å². The Bertz CT molecular complexity index is 518. The number of hydrogen-bond donors (Lipinski definition) is 0. The van der Waals surface area contributed by atoms with Gasteiger partial charge in [-0.1, -0.05) is 11.6 Å². The van der Waals surface area contributed by atoms with Gasteiger partial charge in [0.15, 0.2) is 0 Å². The molecule has 0 saturated carbocycles. The summed E-state index contributed by atoms with van der Waals surface area (Å²) in [7, 11) is 0. The number of rotatable bonds is 1. The van der Waals surface area contributed by atoms with Gasteiger partial charge in [0.2, 0.25) is 0 Å². The van der Waals surface area contributed by atoms with E-state index in [-0.39, 0.29) is 10.6 Å². The second-order valence-corrected chi connectivity index (χ2v) is 3.60. The molecule has 16 heavy (non-hydrogen) atoms. The molecular weight excluding hydrogens is 237 g/mol. The van der Waals surface area contributed by atoms with Crippen LogP contribution in [0, 0.1) is 23.5 Å². The molecule has 0 saturated heterocycles. The van der Waals surface area contributed by atoms with Gasteiger partial charge in [-0.25, -0.2) is 13.2 Å². The van der Waals surface area contributed by atoms with E-state index in [0.717, 1.165) is 18.2 Å². The monoisotopic (exact) mass is 241 g/mol. The number of benzene rings is 2. The summed E-state index contributed by atoms with van der Waals surface area (Å²) in [5, 5.41) is 0.102. The average molecular weight is 242 g/mol. The molecule has 81 valence electrons. The SMILES string of the molecule is Fc1[c]c(F)cc(-c2ccc(F)cc2Cl)c1. The molecule has 1 radical (unpaired) electrons. The summed E-state index contributed by atoms with van der Waals surface area (Å²) < 4.78 is 38.6. The Morgan fingerprint density at radius 1 is 0.938 bits per heavy atom. The van der Waals surface area contributed by atoms with Crippen LogP contribution in [0.5, 0.6) is 0 Å². The summed E-state index contributed by atoms with van der Waals surface area (Å²) in [6.07, 6.45) is 0. The van der Waals surface area contributed by atoms with Crippen molar-refractivity contribution in [2.24, 2.45) is 0 Å². The predicted octanol–water partition coefficient (Wildman–Crippen LogP) is 4.22. The van der Waals surface area contributed by atoms with Crippen molar-refractivity contribution in [1.29, 1.82) is 0 Å². The standard InChI is InChI=1S/C12H5ClF3/c13-12-6-8(14)1-2-11(12)7-3-9(15)5-10(16)4-7/h1-4,6H. The highest BCUT2D eigenvalue weighted by molar-refractivity contribution is 6.33. The Morgan fingerprint density at radius 2 is 1.56 bits per heavy atom. The first-order chi connectivity index (χ1) is 7.56. The fraction of sp³-hybridized carbons (Fsp3) is 0. The molecule has 4 heteroatoms. The van der Waals surface area contributed by atoms with Crippen LogP contribution in [0.3, 0.4) is 0 Å². The lowest BCUT2D eigenvalue weighted by Crippen LogP contribution is -1.86. The highest BCUT2D eigenvalue weighted by Crippen LogP contribution is 2.29. The molecule has 2 rings (SSSR count). The van der Waals surface area contributed by atoms with Crippen LogP contribution in [-0.4, -0.2) is 0 Å². The Balaban J connectivity index is 2.58. The van der Waals surface area contributed by atoms with Gasteiger partial charge in [-0.05, 0) is 35.9 Å². The van der Waals surface area contributed by atoms with Crippen LogP contribution in [0.25, 0.3) is 11.1 Å².